The minimum Gasteiger partial charge on any atom is -0.373 e. The first-order valence-electron chi connectivity index (χ1n) is 7.25. The maximum Gasteiger partial charge on any atom is 0.0804 e. The lowest BCUT2D eigenvalue weighted by molar-refractivity contribution is -0.0704. The monoisotopic (exact) mass is 245 g/mol. The van der Waals surface area contributed by atoms with Crippen molar-refractivity contribution in [3.8, 4) is 0 Å². The molecule has 0 radical (unpaired) electrons. The normalized spacial score (nSPS) is 25.3. The van der Waals surface area contributed by atoms with Gasteiger partial charge < -0.3 is 10.5 Å². The molecule has 1 atom stereocenters. The van der Waals surface area contributed by atoms with Crippen molar-refractivity contribution >= 4 is 0 Å². The molecule has 2 aliphatic carbocycles. The van der Waals surface area contributed by atoms with E-state index in [1.165, 1.54) is 36.8 Å². The predicted octanol–water partition coefficient (Wildman–Crippen LogP) is 3.00. The predicted molar refractivity (Wildman–Crippen MR) is 73.7 cm³/mol. The summed E-state index contributed by atoms with van der Waals surface area (Å²) in [7, 11) is 0. The Morgan fingerprint density at radius 3 is 2.67 bits per heavy atom. The highest BCUT2D eigenvalue weighted by molar-refractivity contribution is 5.39. The van der Waals surface area contributed by atoms with E-state index >= 15 is 0 Å². The van der Waals surface area contributed by atoms with Crippen LogP contribution >= 0.6 is 0 Å². The van der Waals surface area contributed by atoms with Crippen molar-refractivity contribution in [1.82, 2.24) is 0 Å². The Hall–Kier alpha value is -0.860. The number of rotatable bonds is 4. The fourth-order valence-corrected chi connectivity index (χ4v) is 3.39. The van der Waals surface area contributed by atoms with Gasteiger partial charge in [-0.25, -0.2) is 0 Å². The molecule has 2 N–H and O–H groups in total. The van der Waals surface area contributed by atoms with Crippen LogP contribution in [0.3, 0.4) is 0 Å². The average Bonchev–Trinajstić information content (AvgIpc) is 2.41. The number of benzene rings is 1. The number of ether oxygens (including phenoxy) is 1. The van der Waals surface area contributed by atoms with Crippen molar-refractivity contribution < 1.29 is 4.74 Å². The SMILES string of the molecule is NCC1(OCC2Cc3ccccc32)CCCCC1. The van der Waals surface area contributed by atoms with Gasteiger partial charge in [0.25, 0.3) is 0 Å². The molecule has 3 rings (SSSR count). The lowest BCUT2D eigenvalue weighted by Gasteiger charge is -2.39. The highest BCUT2D eigenvalue weighted by atomic mass is 16.5. The number of nitrogens with two attached hydrogens (primary N) is 1. The van der Waals surface area contributed by atoms with Gasteiger partial charge in [-0.05, 0) is 30.4 Å². The molecule has 0 aliphatic heterocycles. The zero-order chi connectivity index (χ0) is 12.4. The maximum absolute atomic E-state index is 6.26. The summed E-state index contributed by atoms with van der Waals surface area (Å²) in [6.07, 6.45) is 7.38. The summed E-state index contributed by atoms with van der Waals surface area (Å²) in [5.41, 5.74) is 8.93. The summed E-state index contributed by atoms with van der Waals surface area (Å²) in [5.74, 6) is 0.603. The largest absolute Gasteiger partial charge is 0.373 e. The summed E-state index contributed by atoms with van der Waals surface area (Å²) in [6.45, 7) is 1.54. The van der Waals surface area contributed by atoms with Crippen molar-refractivity contribution in [1.29, 1.82) is 0 Å². The van der Waals surface area contributed by atoms with Crippen molar-refractivity contribution in [3.63, 3.8) is 0 Å². The Balaban J connectivity index is 1.59. The van der Waals surface area contributed by atoms with Gasteiger partial charge in [-0.2, -0.15) is 0 Å². The van der Waals surface area contributed by atoms with Crippen molar-refractivity contribution in [2.75, 3.05) is 13.2 Å². The van der Waals surface area contributed by atoms with E-state index in [1.807, 2.05) is 0 Å². The van der Waals surface area contributed by atoms with Crippen LogP contribution in [0.2, 0.25) is 0 Å². The van der Waals surface area contributed by atoms with Gasteiger partial charge in [0.05, 0.1) is 12.2 Å². The van der Waals surface area contributed by atoms with Crippen LogP contribution in [0.25, 0.3) is 0 Å². The minimum atomic E-state index is -0.0111. The van der Waals surface area contributed by atoms with Crippen LogP contribution < -0.4 is 5.73 Å². The van der Waals surface area contributed by atoms with Gasteiger partial charge in [0.2, 0.25) is 0 Å². The van der Waals surface area contributed by atoms with Gasteiger partial charge in [-0.3, -0.25) is 0 Å². The smallest absolute Gasteiger partial charge is 0.0804 e. The maximum atomic E-state index is 6.26. The first-order chi connectivity index (χ1) is 8.83. The standard InChI is InChI=1S/C16H23NO/c17-12-16(8-4-1-5-9-16)18-11-14-10-13-6-2-3-7-15(13)14/h2-3,6-7,14H,1,4-5,8-12,17H2. The number of hydrogen-bond donors (Lipinski definition) is 1. The summed E-state index contributed by atoms with van der Waals surface area (Å²) in [6, 6.07) is 8.72. The molecule has 0 heterocycles. The Kier molecular flexibility index (Phi) is 3.40. The fourth-order valence-electron chi connectivity index (χ4n) is 3.39. The van der Waals surface area contributed by atoms with Crippen LogP contribution in [0.5, 0.6) is 0 Å². The fraction of sp³-hybridized carbons (Fsp3) is 0.625. The minimum absolute atomic E-state index is 0.0111. The zero-order valence-electron chi connectivity index (χ0n) is 11.0. The molecule has 0 spiro atoms. The summed E-state index contributed by atoms with van der Waals surface area (Å²) >= 11 is 0. The van der Waals surface area contributed by atoms with Gasteiger partial charge in [0, 0.05) is 12.5 Å². The van der Waals surface area contributed by atoms with E-state index in [9.17, 15) is 0 Å². The van der Waals surface area contributed by atoms with E-state index < -0.39 is 0 Å². The summed E-state index contributed by atoms with van der Waals surface area (Å²) in [4.78, 5) is 0. The third-order valence-electron chi connectivity index (χ3n) is 4.69. The highest BCUT2D eigenvalue weighted by Gasteiger charge is 2.34. The molecule has 1 aromatic carbocycles. The van der Waals surface area contributed by atoms with Crippen molar-refractivity contribution in [2.45, 2.75) is 50.0 Å². The molecule has 1 aromatic rings. The van der Waals surface area contributed by atoms with Crippen molar-refractivity contribution in [2.24, 2.45) is 5.73 Å². The van der Waals surface area contributed by atoms with E-state index in [0.717, 1.165) is 19.4 Å². The van der Waals surface area contributed by atoms with Crippen LogP contribution in [-0.2, 0) is 11.2 Å². The lowest BCUT2D eigenvalue weighted by atomic mass is 9.78. The molecule has 98 valence electrons. The van der Waals surface area contributed by atoms with E-state index in [2.05, 4.69) is 24.3 Å². The van der Waals surface area contributed by atoms with Crippen LogP contribution in [0.4, 0.5) is 0 Å². The Morgan fingerprint density at radius 1 is 1.17 bits per heavy atom. The molecule has 1 fully saturated rings. The van der Waals surface area contributed by atoms with E-state index in [0.29, 0.717) is 12.5 Å². The van der Waals surface area contributed by atoms with Crippen LogP contribution in [-0.4, -0.2) is 18.8 Å². The number of hydrogen-bond acceptors (Lipinski definition) is 2. The van der Waals surface area contributed by atoms with Crippen molar-refractivity contribution in [3.05, 3.63) is 35.4 Å². The molecule has 2 nitrogen and oxygen atoms in total. The van der Waals surface area contributed by atoms with Gasteiger partial charge in [-0.1, -0.05) is 43.5 Å². The van der Waals surface area contributed by atoms with Crippen LogP contribution in [0, 0.1) is 0 Å². The second-order valence-electron chi connectivity index (χ2n) is 5.86. The molecule has 2 heteroatoms. The molecule has 0 amide bonds. The first kappa shape index (κ1) is 12.2. The second kappa shape index (κ2) is 5.02. The van der Waals surface area contributed by atoms with Crippen LogP contribution in [0.1, 0.15) is 49.1 Å². The topological polar surface area (TPSA) is 35.2 Å². The molecule has 1 unspecified atom stereocenters. The molecule has 2 aliphatic rings. The molecular formula is C16H23NO. The molecule has 18 heavy (non-hydrogen) atoms. The number of fused-ring (bicyclic) bond motifs is 1. The molecule has 0 bridgehead atoms. The summed E-state index contributed by atoms with van der Waals surface area (Å²) < 4.78 is 6.26. The Bertz CT molecular complexity index is 409. The Morgan fingerprint density at radius 2 is 1.94 bits per heavy atom. The third-order valence-corrected chi connectivity index (χ3v) is 4.69. The molecule has 0 saturated heterocycles. The van der Waals surface area contributed by atoms with Gasteiger partial charge >= 0.3 is 0 Å². The third kappa shape index (κ3) is 2.19. The Labute approximate surface area is 110 Å². The van der Waals surface area contributed by atoms with Gasteiger partial charge in [0.15, 0.2) is 0 Å². The summed E-state index contributed by atoms with van der Waals surface area (Å²) in [5, 5.41) is 0. The van der Waals surface area contributed by atoms with E-state index in [1.54, 1.807) is 0 Å². The lowest BCUT2D eigenvalue weighted by Crippen LogP contribution is -2.44. The van der Waals surface area contributed by atoms with E-state index in [4.69, 9.17) is 10.5 Å². The van der Waals surface area contributed by atoms with Crippen LogP contribution in [0.15, 0.2) is 24.3 Å². The van der Waals surface area contributed by atoms with E-state index in [-0.39, 0.29) is 5.60 Å². The molecule has 1 saturated carbocycles. The average molecular weight is 245 g/mol. The quantitative estimate of drug-likeness (QED) is 0.885. The molecular weight excluding hydrogens is 222 g/mol. The van der Waals surface area contributed by atoms with Gasteiger partial charge in [0.1, 0.15) is 0 Å². The zero-order valence-corrected chi connectivity index (χ0v) is 11.0. The second-order valence-corrected chi connectivity index (χ2v) is 5.86. The molecule has 0 aromatic heterocycles. The first-order valence-corrected chi connectivity index (χ1v) is 7.25. The highest BCUT2D eigenvalue weighted by Crippen LogP contribution is 2.38. The van der Waals surface area contributed by atoms with Gasteiger partial charge in [-0.15, -0.1) is 0 Å².